The molecule has 0 saturated carbocycles. The number of carboxylic acids is 1. The van der Waals surface area contributed by atoms with Gasteiger partial charge in [0.25, 0.3) is 0 Å². The minimum absolute atomic E-state index is 0.0295. The number of hydrogen-bond acceptors (Lipinski definition) is 2. The van der Waals surface area contributed by atoms with Crippen LogP contribution in [0.2, 0.25) is 0 Å². The molecule has 104 valence electrons. The third-order valence-electron chi connectivity index (χ3n) is 3.08. The first-order valence-corrected chi connectivity index (χ1v) is 6.54. The Labute approximate surface area is 113 Å². The molecule has 1 unspecified atom stereocenters. The fourth-order valence-corrected chi connectivity index (χ4v) is 1.65. The second kappa shape index (κ2) is 7.56. The summed E-state index contributed by atoms with van der Waals surface area (Å²) in [7, 11) is 0. The number of carbonyl (C=O) groups is 2. The molecule has 1 aromatic rings. The number of aryl methyl sites for hydroxylation is 2. The zero-order valence-corrected chi connectivity index (χ0v) is 11.5. The quantitative estimate of drug-likeness (QED) is 0.792. The van der Waals surface area contributed by atoms with Gasteiger partial charge in [0.15, 0.2) is 0 Å². The van der Waals surface area contributed by atoms with E-state index in [9.17, 15) is 9.59 Å². The van der Waals surface area contributed by atoms with Crippen LogP contribution in [0.25, 0.3) is 0 Å². The van der Waals surface area contributed by atoms with Gasteiger partial charge in [-0.1, -0.05) is 36.8 Å². The van der Waals surface area contributed by atoms with Crippen molar-refractivity contribution < 1.29 is 14.7 Å². The topological polar surface area (TPSA) is 66.4 Å². The first-order valence-electron chi connectivity index (χ1n) is 6.54. The molecule has 0 aliphatic rings. The Balaban J connectivity index is 2.21. The molecule has 0 aliphatic heterocycles. The number of rotatable bonds is 7. The minimum atomic E-state index is -0.825. The van der Waals surface area contributed by atoms with Crippen LogP contribution in [0.4, 0.5) is 0 Å². The zero-order chi connectivity index (χ0) is 14.3. The van der Waals surface area contributed by atoms with E-state index in [0.717, 1.165) is 5.56 Å². The van der Waals surface area contributed by atoms with Crippen LogP contribution in [0, 0.1) is 12.8 Å². The molecule has 4 heteroatoms. The third kappa shape index (κ3) is 6.04. The molecule has 0 bridgehead atoms. The van der Waals surface area contributed by atoms with Crippen LogP contribution in [0.5, 0.6) is 0 Å². The van der Waals surface area contributed by atoms with E-state index >= 15 is 0 Å². The largest absolute Gasteiger partial charge is 0.481 e. The fraction of sp³-hybridized carbons (Fsp3) is 0.467. The number of nitrogens with one attached hydrogen (secondary N) is 1. The Morgan fingerprint density at radius 2 is 1.89 bits per heavy atom. The second-order valence-electron chi connectivity index (χ2n) is 4.86. The predicted molar refractivity (Wildman–Crippen MR) is 73.9 cm³/mol. The van der Waals surface area contributed by atoms with Crippen molar-refractivity contribution in [3.8, 4) is 0 Å². The van der Waals surface area contributed by atoms with E-state index in [1.807, 2.05) is 31.2 Å². The summed E-state index contributed by atoms with van der Waals surface area (Å²) in [4.78, 5) is 22.2. The van der Waals surface area contributed by atoms with Crippen LogP contribution < -0.4 is 5.32 Å². The third-order valence-corrected chi connectivity index (χ3v) is 3.08. The number of benzene rings is 1. The van der Waals surface area contributed by atoms with E-state index in [0.29, 0.717) is 25.8 Å². The van der Waals surface area contributed by atoms with Crippen LogP contribution >= 0.6 is 0 Å². The molecule has 1 aromatic carbocycles. The van der Waals surface area contributed by atoms with Crippen molar-refractivity contribution in [2.24, 2.45) is 5.92 Å². The van der Waals surface area contributed by atoms with Crippen molar-refractivity contribution in [2.75, 3.05) is 6.54 Å². The summed E-state index contributed by atoms with van der Waals surface area (Å²) < 4.78 is 0. The smallest absolute Gasteiger partial charge is 0.306 e. The van der Waals surface area contributed by atoms with E-state index in [1.165, 1.54) is 5.56 Å². The molecule has 1 atom stereocenters. The Hall–Kier alpha value is -1.84. The lowest BCUT2D eigenvalue weighted by Gasteiger charge is -2.08. The number of carboxylic acid groups (broad SMARTS) is 1. The molecule has 0 spiro atoms. The van der Waals surface area contributed by atoms with Gasteiger partial charge >= 0.3 is 5.97 Å². The fourth-order valence-electron chi connectivity index (χ4n) is 1.65. The average molecular weight is 263 g/mol. The summed E-state index contributed by atoms with van der Waals surface area (Å²) in [6.07, 6.45) is 1.61. The van der Waals surface area contributed by atoms with Crippen molar-refractivity contribution in [1.82, 2.24) is 5.32 Å². The molecule has 0 radical (unpaired) electrons. The lowest BCUT2D eigenvalue weighted by atomic mass is 10.1. The van der Waals surface area contributed by atoms with Crippen LogP contribution in [0.1, 0.15) is 30.9 Å². The molecular weight excluding hydrogens is 242 g/mol. The summed E-state index contributed by atoms with van der Waals surface area (Å²) in [6, 6.07) is 8.10. The SMILES string of the molecule is Cc1ccc(CCC(=O)NCCC(C)C(=O)O)cc1. The highest BCUT2D eigenvalue weighted by molar-refractivity contribution is 5.76. The van der Waals surface area contributed by atoms with E-state index in [2.05, 4.69) is 5.32 Å². The van der Waals surface area contributed by atoms with Gasteiger partial charge in [-0.2, -0.15) is 0 Å². The Morgan fingerprint density at radius 3 is 2.47 bits per heavy atom. The summed E-state index contributed by atoms with van der Waals surface area (Å²) in [5.74, 6) is -1.27. The highest BCUT2D eigenvalue weighted by Crippen LogP contribution is 2.06. The summed E-state index contributed by atoms with van der Waals surface area (Å²) >= 11 is 0. The van der Waals surface area contributed by atoms with Crippen molar-refractivity contribution in [3.05, 3.63) is 35.4 Å². The maximum atomic E-state index is 11.6. The van der Waals surface area contributed by atoms with Crippen molar-refractivity contribution >= 4 is 11.9 Å². The van der Waals surface area contributed by atoms with Crippen molar-refractivity contribution in [1.29, 1.82) is 0 Å². The van der Waals surface area contributed by atoms with Gasteiger partial charge in [0.1, 0.15) is 0 Å². The molecule has 0 aromatic heterocycles. The van der Waals surface area contributed by atoms with Gasteiger partial charge in [-0.15, -0.1) is 0 Å². The molecule has 4 nitrogen and oxygen atoms in total. The van der Waals surface area contributed by atoms with Gasteiger partial charge in [0.05, 0.1) is 5.92 Å². The first-order chi connectivity index (χ1) is 8.99. The van der Waals surface area contributed by atoms with Gasteiger partial charge < -0.3 is 10.4 Å². The minimum Gasteiger partial charge on any atom is -0.481 e. The van der Waals surface area contributed by atoms with E-state index in [4.69, 9.17) is 5.11 Å². The normalized spacial score (nSPS) is 11.9. The molecular formula is C15H21NO3. The maximum absolute atomic E-state index is 11.6. The highest BCUT2D eigenvalue weighted by Gasteiger charge is 2.10. The lowest BCUT2D eigenvalue weighted by Crippen LogP contribution is -2.27. The standard InChI is InChI=1S/C15H21NO3/c1-11-3-5-13(6-4-11)7-8-14(17)16-10-9-12(2)15(18)19/h3-6,12H,7-10H2,1-2H3,(H,16,17)(H,18,19). The average Bonchev–Trinajstić information content (AvgIpc) is 2.37. The van der Waals surface area contributed by atoms with Gasteiger partial charge in [0, 0.05) is 13.0 Å². The summed E-state index contributed by atoms with van der Waals surface area (Å²) in [5, 5.41) is 11.5. The second-order valence-corrected chi connectivity index (χ2v) is 4.86. The highest BCUT2D eigenvalue weighted by atomic mass is 16.4. The van der Waals surface area contributed by atoms with Crippen LogP contribution in [0.15, 0.2) is 24.3 Å². The number of amides is 1. The lowest BCUT2D eigenvalue weighted by molar-refractivity contribution is -0.141. The maximum Gasteiger partial charge on any atom is 0.306 e. The molecule has 19 heavy (non-hydrogen) atoms. The van der Waals surface area contributed by atoms with Gasteiger partial charge in [-0.25, -0.2) is 0 Å². The monoisotopic (exact) mass is 263 g/mol. The van der Waals surface area contributed by atoms with Gasteiger partial charge in [-0.05, 0) is 25.3 Å². The number of hydrogen-bond donors (Lipinski definition) is 2. The van der Waals surface area contributed by atoms with Crippen molar-refractivity contribution in [3.63, 3.8) is 0 Å². The Kier molecular flexibility index (Phi) is 6.06. The molecule has 0 fully saturated rings. The molecule has 2 N–H and O–H groups in total. The Bertz CT molecular complexity index is 426. The van der Waals surface area contributed by atoms with Crippen LogP contribution in [-0.4, -0.2) is 23.5 Å². The molecule has 1 amide bonds. The van der Waals surface area contributed by atoms with Gasteiger partial charge in [0.2, 0.25) is 5.91 Å². The molecule has 0 heterocycles. The van der Waals surface area contributed by atoms with Gasteiger partial charge in [-0.3, -0.25) is 9.59 Å². The molecule has 1 rings (SSSR count). The number of carbonyl (C=O) groups excluding carboxylic acids is 1. The zero-order valence-electron chi connectivity index (χ0n) is 11.5. The molecule has 0 saturated heterocycles. The Morgan fingerprint density at radius 1 is 1.26 bits per heavy atom. The summed E-state index contributed by atoms with van der Waals surface area (Å²) in [6.45, 7) is 4.08. The van der Waals surface area contributed by atoms with E-state index < -0.39 is 11.9 Å². The molecule has 0 aliphatic carbocycles. The number of aliphatic carboxylic acids is 1. The summed E-state index contributed by atoms with van der Waals surface area (Å²) in [5.41, 5.74) is 2.34. The van der Waals surface area contributed by atoms with Crippen LogP contribution in [0.3, 0.4) is 0 Å². The first kappa shape index (κ1) is 15.2. The van der Waals surface area contributed by atoms with E-state index in [-0.39, 0.29) is 5.91 Å². The van der Waals surface area contributed by atoms with Crippen molar-refractivity contribution in [2.45, 2.75) is 33.1 Å². The van der Waals surface area contributed by atoms with Crippen LogP contribution in [-0.2, 0) is 16.0 Å². The van der Waals surface area contributed by atoms with E-state index in [1.54, 1.807) is 6.92 Å². The predicted octanol–water partition coefficient (Wildman–Crippen LogP) is 2.15.